The average molecular weight is 320 g/mol. The molecule has 1 saturated carbocycles. The molecular weight excluding hydrogens is 304 g/mol. The standard InChI is InChI=1S/C13H16BrF2NO/c1-8(9-2-3-9)17-4-5-18-13-11(14)6-10(15)7-12(13)16/h6-9,17H,2-5H2,1H3. The third kappa shape index (κ3) is 3.65. The monoisotopic (exact) mass is 319 g/mol. The second-order valence-corrected chi connectivity index (χ2v) is 5.48. The van der Waals surface area contributed by atoms with E-state index in [4.69, 9.17) is 4.74 Å². The minimum Gasteiger partial charge on any atom is -0.488 e. The molecule has 2 rings (SSSR count). The first kappa shape index (κ1) is 13.7. The molecule has 0 radical (unpaired) electrons. The summed E-state index contributed by atoms with van der Waals surface area (Å²) in [5, 5.41) is 3.33. The summed E-state index contributed by atoms with van der Waals surface area (Å²) in [5.74, 6) is -0.458. The van der Waals surface area contributed by atoms with E-state index in [1.165, 1.54) is 18.9 Å². The van der Waals surface area contributed by atoms with Crippen LogP contribution in [0.5, 0.6) is 5.75 Å². The van der Waals surface area contributed by atoms with Gasteiger partial charge in [0.15, 0.2) is 11.6 Å². The molecule has 100 valence electrons. The summed E-state index contributed by atoms with van der Waals surface area (Å²) in [7, 11) is 0. The maximum absolute atomic E-state index is 13.4. The Balaban J connectivity index is 1.79. The fourth-order valence-electron chi connectivity index (χ4n) is 1.87. The SMILES string of the molecule is CC(NCCOc1c(F)cc(F)cc1Br)C1CC1. The van der Waals surface area contributed by atoms with E-state index in [-0.39, 0.29) is 5.75 Å². The molecule has 0 aromatic heterocycles. The molecule has 1 N–H and O–H groups in total. The molecule has 0 aliphatic heterocycles. The molecule has 5 heteroatoms. The second kappa shape index (κ2) is 5.97. The van der Waals surface area contributed by atoms with Crippen molar-refractivity contribution in [3.05, 3.63) is 28.2 Å². The van der Waals surface area contributed by atoms with Gasteiger partial charge in [0.1, 0.15) is 12.4 Å². The van der Waals surface area contributed by atoms with E-state index in [1.54, 1.807) is 0 Å². The zero-order valence-corrected chi connectivity index (χ0v) is 11.8. The number of nitrogens with one attached hydrogen (secondary N) is 1. The number of hydrogen-bond acceptors (Lipinski definition) is 2. The van der Waals surface area contributed by atoms with Crippen LogP contribution >= 0.6 is 15.9 Å². The highest BCUT2D eigenvalue weighted by Crippen LogP contribution is 2.32. The summed E-state index contributed by atoms with van der Waals surface area (Å²) in [5.41, 5.74) is 0. The minimum absolute atomic E-state index is 0.0669. The quantitative estimate of drug-likeness (QED) is 0.810. The van der Waals surface area contributed by atoms with E-state index in [2.05, 4.69) is 28.2 Å². The van der Waals surface area contributed by atoms with Gasteiger partial charge in [-0.15, -0.1) is 0 Å². The van der Waals surface area contributed by atoms with Gasteiger partial charge in [-0.2, -0.15) is 0 Å². The maximum Gasteiger partial charge on any atom is 0.169 e. The Hall–Kier alpha value is -0.680. The Morgan fingerprint density at radius 2 is 2.17 bits per heavy atom. The number of benzene rings is 1. The van der Waals surface area contributed by atoms with Crippen molar-refractivity contribution >= 4 is 15.9 Å². The Morgan fingerprint density at radius 3 is 2.78 bits per heavy atom. The molecule has 0 heterocycles. The molecule has 0 saturated heterocycles. The van der Waals surface area contributed by atoms with Crippen LogP contribution in [0.1, 0.15) is 19.8 Å². The molecule has 1 aromatic rings. The highest BCUT2D eigenvalue weighted by atomic mass is 79.9. The normalized spacial score (nSPS) is 16.7. The molecule has 18 heavy (non-hydrogen) atoms. The maximum atomic E-state index is 13.4. The first-order valence-electron chi connectivity index (χ1n) is 6.08. The van der Waals surface area contributed by atoms with Crippen LogP contribution in [0, 0.1) is 17.6 Å². The van der Waals surface area contributed by atoms with E-state index >= 15 is 0 Å². The van der Waals surface area contributed by atoms with Gasteiger partial charge in [0.05, 0.1) is 4.47 Å². The molecule has 2 nitrogen and oxygen atoms in total. The minimum atomic E-state index is -0.683. The summed E-state index contributed by atoms with van der Waals surface area (Å²) in [6, 6.07) is 2.49. The lowest BCUT2D eigenvalue weighted by atomic mass is 10.2. The van der Waals surface area contributed by atoms with Crippen LogP contribution < -0.4 is 10.1 Å². The van der Waals surface area contributed by atoms with Crippen molar-refractivity contribution < 1.29 is 13.5 Å². The molecular formula is C13H16BrF2NO. The van der Waals surface area contributed by atoms with Gasteiger partial charge >= 0.3 is 0 Å². The lowest BCUT2D eigenvalue weighted by Gasteiger charge is -2.14. The van der Waals surface area contributed by atoms with Crippen molar-refractivity contribution in [2.75, 3.05) is 13.2 Å². The van der Waals surface area contributed by atoms with Gasteiger partial charge in [-0.3, -0.25) is 0 Å². The summed E-state index contributed by atoms with van der Waals surface area (Å²) >= 11 is 3.09. The number of rotatable bonds is 6. The largest absolute Gasteiger partial charge is 0.488 e. The van der Waals surface area contributed by atoms with Crippen molar-refractivity contribution in [3.8, 4) is 5.75 Å². The van der Waals surface area contributed by atoms with E-state index in [0.29, 0.717) is 23.7 Å². The zero-order chi connectivity index (χ0) is 13.1. The van der Waals surface area contributed by atoms with Crippen molar-refractivity contribution in [3.63, 3.8) is 0 Å². The van der Waals surface area contributed by atoms with Gasteiger partial charge in [0.25, 0.3) is 0 Å². The smallest absolute Gasteiger partial charge is 0.169 e. The summed E-state index contributed by atoms with van der Waals surface area (Å²) in [6.45, 7) is 3.16. The Bertz CT molecular complexity index is 400. The van der Waals surface area contributed by atoms with Gasteiger partial charge in [0.2, 0.25) is 0 Å². The third-order valence-electron chi connectivity index (χ3n) is 3.11. The molecule has 0 amide bonds. The van der Waals surface area contributed by atoms with E-state index < -0.39 is 11.6 Å². The van der Waals surface area contributed by atoms with Crippen molar-refractivity contribution in [2.45, 2.75) is 25.8 Å². The van der Waals surface area contributed by atoms with Gasteiger partial charge in [-0.25, -0.2) is 8.78 Å². The highest BCUT2D eigenvalue weighted by Gasteiger charge is 2.27. The predicted octanol–water partition coefficient (Wildman–Crippen LogP) is 3.49. The molecule has 1 aliphatic carbocycles. The van der Waals surface area contributed by atoms with Gasteiger partial charge < -0.3 is 10.1 Å². The number of halogens is 3. The predicted molar refractivity (Wildman–Crippen MR) is 69.7 cm³/mol. The number of ether oxygens (including phenoxy) is 1. The fraction of sp³-hybridized carbons (Fsp3) is 0.538. The molecule has 1 aliphatic rings. The molecule has 1 atom stereocenters. The van der Waals surface area contributed by atoms with E-state index in [1.807, 2.05) is 0 Å². The molecule has 0 spiro atoms. The van der Waals surface area contributed by atoms with Crippen molar-refractivity contribution in [1.82, 2.24) is 5.32 Å². The zero-order valence-electron chi connectivity index (χ0n) is 10.2. The lowest BCUT2D eigenvalue weighted by molar-refractivity contribution is 0.287. The summed E-state index contributed by atoms with van der Waals surface area (Å²) < 4.78 is 31.9. The van der Waals surface area contributed by atoms with Gasteiger partial charge in [-0.05, 0) is 47.7 Å². The van der Waals surface area contributed by atoms with E-state index in [9.17, 15) is 8.78 Å². The van der Waals surface area contributed by atoms with Gasteiger partial charge in [0, 0.05) is 18.7 Å². The van der Waals surface area contributed by atoms with Gasteiger partial charge in [-0.1, -0.05) is 0 Å². The summed E-state index contributed by atoms with van der Waals surface area (Å²) in [4.78, 5) is 0. The fourth-order valence-corrected chi connectivity index (χ4v) is 2.39. The van der Waals surface area contributed by atoms with Crippen LogP contribution in [0.3, 0.4) is 0 Å². The molecule has 1 unspecified atom stereocenters. The third-order valence-corrected chi connectivity index (χ3v) is 3.70. The van der Waals surface area contributed by atoms with Crippen LogP contribution in [0.25, 0.3) is 0 Å². The molecule has 0 bridgehead atoms. The van der Waals surface area contributed by atoms with Crippen LogP contribution in [-0.4, -0.2) is 19.2 Å². The first-order valence-corrected chi connectivity index (χ1v) is 6.88. The van der Waals surface area contributed by atoms with Crippen LogP contribution in [0.15, 0.2) is 16.6 Å². The highest BCUT2D eigenvalue weighted by molar-refractivity contribution is 9.10. The molecule has 1 aromatic carbocycles. The van der Waals surface area contributed by atoms with Crippen LogP contribution in [0.4, 0.5) is 8.78 Å². The average Bonchev–Trinajstić information content (AvgIpc) is 3.10. The summed E-state index contributed by atoms with van der Waals surface area (Å²) in [6.07, 6.45) is 2.57. The van der Waals surface area contributed by atoms with E-state index in [0.717, 1.165) is 12.0 Å². The van der Waals surface area contributed by atoms with Crippen molar-refractivity contribution in [2.24, 2.45) is 5.92 Å². The van der Waals surface area contributed by atoms with Crippen molar-refractivity contribution in [1.29, 1.82) is 0 Å². The topological polar surface area (TPSA) is 21.3 Å². The Morgan fingerprint density at radius 1 is 1.44 bits per heavy atom. The molecule has 1 fully saturated rings. The first-order chi connectivity index (χ1) is 8.58. The van der Waals surface area contributed by atoms with Crippen LogP contribution in [-0.2, 0) is 0 Å². The lowest BCUT2D eigenvalue weighted by Crippen LogP contribution is -2.31. The van der Waals surface area contributed by atoms with Crippen LogP contribution in [0.2, 0.25) is 0 Å². The Labute approximate surface area is 114 Å². The number of hydrogen-bond donors (Lipinski definition) is 1. The second-order valence-electron chi connectivity index (χ2n) is 4.63. The Kier molecular flexibility index (Phi) is 4.56.